The van der Waals surface area contributed by atoms with Crippen LogP contribution in [0.1, 0.15) is 36.7 Å². The molecule has 0 fully saturated rings. The van der Waals surface area contributed by atoms with Crippen LogP contribution in [0.15, 0.2) is 65.1 Å². The summed E-state index contributed by atoms with van der Waals surface area (Å²) in [5.74, 6) is 1.12. The lowest BCUT2D eigenvalue weighted by Crippen LogP contribution is -2.07. The maximum Gasteiger partial charge on any atom is 0.248 e. The molecule has 144 valence electrons. The Morgan fingerprint density at radius 1 is 1.11 bits per heavy atom. The second kappa shape index (κ2) is 9.43. The molecular formula is C24H24ClNO2. The summed E-state index contributed by atoms with van der Waals surface area (Å²) in [6, 6.07) is 17.5. The molecule has 0 saturated heterocycles. The third-order valence-corrected chi connectivity index (χ3v) is 4.93. The number of furan rings is 1. The molecule has 0 aliphatic rings. The molecule has 1 N–H and O–H groups in total. The molecule has 1 heterocycles. The van der Waals surface area contributed by atoms with Gasteiger partial charge in [0.1, 0.15) is 11.5 Å². The summed E-state index contributed by atoms with van der Waals surface area (Å²) < 4.78 is 5.79. The predicted octanol–water partition coefficient (Wildman–Crippen LogP) is 6.90. The first kappa shape index (κ1) is 20.0. The summed E-state index contributed by atoms with van der Waals surface area (Å²) >= 11 is 6.18. The minimum Gasteiger partial charge on any atom is -0.457 e. The van der Waals surface area contributed by atoms with Gasteiger partial charge in [-0.25, -0.2) is 0 Å². The number of hydrogen-bond acceptors (Lipinski definition) is 2. The van der Waals surface area contributed by atoms with Crippen molar-refractivity contribution in [2.24, 2.45) is 0 Å². The molecule has 4 heteroatoms. The van der Waals surface area contributed by atoms with Crippen molar-refractivity contribution >= 4 is 29.3 Å². The molecule has 0 atom stereocenters. The lowest BCUT2D eigenvalue weighted by molar-refractivity contribution is -0.111. The van der Waals surface area contributed by atoms with Crippen LogP contribution in [0.5, 0.6) is 0 Å². The Morgan fingerprint density at radius 3 is 2.61 bits per heavy atom. The summed E-state index contributed by atoms with van der Waals surface area (Å²) in [4.78, 5) is 12.1. The van der Waals surface area contributed by atoms with Gasteiger partial charge in [0.25, 0.3) is 0 Å². The van der Waals surface area contributed by atoms with E-state index in [-0.39, 0.29) is 5.91 Å². The van der Waals surface area contributed by atoms with Gasteiger partial charge in [0.05, 0.1) is 0 Å². The minimum absolute atomic E-state index is 0.197. The zero-order valence-corrected chi connectivity index (χ0v) is 16.9. The minimum atomic E-state index is -0.197. The Kier molecular flexibility index (Phi) is 6.72. The van der Waals surface area contributed by atoms with Crippen molar-refractivity contribution in [3.05, 3.63) is 82.6 Å². The van der Waals surface area contributed by atoms with Crippen molar-refractivity contribution in [1.29, 1.82) is 0 Å². The molecule has 1 aromatic heterocycles. The molecule has 3 nitrogen and oxygen atoms in total. The van der Waals surface area contributed by atoms with Crippen LogP contribution in [0, 0.1) is 6.92 Å². The van der Waals surface area contributed by atoms with Crippen LogP contribution >= 0.6 is 11.6 Å². The van der Waals surface area contributed by atoms with Gasteiger partial charge in [0.2, 0.25) is 5.91 Å². The first-order valence-electron chi connectivity index (χ1n) is 9.49. The zero-order chi connectivity index (χ0) is 19.9. The fourth-order valence-electron chi connectivity index (χ4n) is 2.82. The highest BCUT2D eigenvalue weighted by Gasteiger charge is 2.06. The van der Waals surface area contributed by atoms with Crippen LogP contribution in [-0.4, -0.2) is 5.91 Å². The number of nitrogens with one attached hydrogen (secondary N) is 1. The highest BCUT2D eigenvalue weighted by molar-refractivity contribution is 6.31. The number of aryl methyl sites for hydroxylation is 2. The molecule has 0 aliphatic heterocycles. The van der Waals surface area contributed by atoms with E-state index in [0.29, 0.717) is 16.5 Å². The molecule has 0 aliphatic carbocycles. The Morgan fingerprint density at radius 2 is 1.89 bits per heavy atom. The summed E-state index contributed by atoms with van der Waals surface area (Å²) in [6.45, 7) is 4.14. The van der Waals surface area contributed by atoms with Gasteiger partial charge in [-0.3, -0.25) is 4.79 Å². The van der Waals surface area contributed by atoms with Gasteiger partial charge in [-0.15, -0.1) is 0 Å². The van der Waals surface area contributed by atoms with Crippen LogP contribution in [0.3, 0.4) is 0 Å². The fraction of sp³-hybridized carbons (Fsp3) is 0.208. The molecule has 0 saturated carbocycles. The maximum atomic E-state index is 12.1. The van der Waals surface area contributed by atoms with E-state index in [4.69, 9.17) is 16.0 Å². The molecule has 3 aromatic rings. The molecule has 0 radical (unpaired) electrons. The van der Waals surface area contributed by atoms with Crippen LogP contribution in [0.4, 0.5) is 5.69 Å². The smallest absolute Gasteiger partial charge is 0.248 e. The molecule has 1 amide bonds. The summed E-state index contributed by atoms with van der Waals surface area (Å²) in [7, 11) is 0. The average Bonchev–Trinajstić information content (AvgIpc) is 3.17. The SMILES string of the molecule is CCCCc1ccc(NC(=O)/C=C/c2ccc(-c3ccc(C)c(Cl)c3)o2)cc1. The van der Waals surface area contributed by atoms with Crippen molar-refractivity contribution in [2.45, 2.75) is 33.1 Å². The number of carbonyl (C=O) groups is 1. The standard InChI is InChI=1S/C24H24ClNO2/c1-3-4-5-18-7-10-20(11-8-18)26-24(27)15-13-21-12-14-23(28-21)19-9-6-17(2)22(25)16-19/h6-16H,3-5H2,1-2H3,(H,26,27)/b15-13+. The van der Waals surface area contributed by atoms with Gasteiger partial charge < -0.3 is 9.73 Å². The van der Waals surface area contributed by atoms with Gasteiger partial charge >= 0.3 is 0 Å². The number of carbonyl (C=O) groups excluding carboxylic acids is 1. The number of unbranched alkanes of at least 4 members (excludes halogenated alkanes) is 1. The summed E-state index contributed by atoms with van der Waals surface area (Å²) in [5, 5.41) is 3.56. The second-order valence-corrected chi connectivity index (χ2v) is 7.20. The Bertz CT molecular complexity index is 971. The normalized spacial score (nSPS) is 11.1. The molecule has 0 unspecified atom stereocenters. The van der Waals surface area contributed by atoms with Crippen LogP contribution in [-0.2, 0) is 11.2 Å². The lowest BCUT2D eigenvalue weighted by atomic mass is 10.1. The third-order valence-electron chi connectivity index (χ3n) is 4.52. The van der Waals surface area contributed by atoms with E-state index in [1.165, 1.54) is 24.5 Å². The van der Waals surface area contributed by atoms with Crippen molar-refractivity contribution < 1.29 is 9.21 Å². The quantitative estimate of drug-likeness (QED) is 0.443. The molecule has 3 rings (SSSR count). The first-order chi connectivity index (χ1) is 13.5. The van der Waals surface area contributed by atoms with Gasteiger partial charge in [-0.2, -0.15) is 0 Å². The maximum absolute atomic E-state index is 12.1. The topological polar surface area (TPSA) is 42.2 Å². The molecule has 2 aromatic carbocycles. The van der Waals surface area contributed by atoms with Crippen LogP contribution in [0.25, 0.3) is 17.4 Å². The van der Waals surface area contributed by atoms with Gasteiger partial charge in [0, 0.05) is 22.3 Å². The highest BCUT2D eigenvalue weighted by Crippen LogP contribution is 2.27. The number of rotatable bonds is 7. The van der Waals surface area contributed by atoms with E-state index >= 15 is 0 Å². The Labute approximate surface area is 171 Å². The van der Waals surface area contributed by atoms with Crippen molar-refractivity contribution in [2.75, 3.05) is 5.32 Å². The summed E-state index contributed by atoms with van der Waals surface area (Å²) in [6.07, 6.45) is 6.54. The first-order valence-corrected chi connectivity index (χ1v) is 9.87. The lowest BCUT2D eigenvalue weighted by Gasteiger charge is -2.04. The molecule has 28 heavy (non-hydrogen) atoms. The van der Waals surface area contributed by atoms with E-state index in [1.807, 2.05) is 49.4 Å². The van der Waals surface area contributed by atoms with Gasteiger partial charge in [0.15, 0.2) is 0 Å². The molecule has 0 bridgehead atoms. The monoisotopic (exact) mass is 393 g/mol. The second-order valence-electron chi connectivity index (χ2n) is 6.79. The van der Waals surface area contributed by atoms with Crippen LogP contribution in [0.2, 0.25) is 5.02 Å². The number of hydrogen-bond donors (Lipinski definition) is 1. The fourth-order valence-corrected chi connectivity index (χ4v) is 3.00. The Balaban J connectivity index is 1.60. The molecule has 0 spiro atoms. The molecular weight excluding hydrogens is 370 g/mol. The van der Waals surface area contributed by atoms with Crippen LogP contribution < -0.4 is 5.32 Å². The number of amides is 1. The highest BCUT2D eigenvalue weighted by atomic mass is 35.5. The third kappa shape index (κ3) is 5.37. The summed E-state index contributed by atoms with van der Waals surface area (Å²) in [5.41, 5.74) is 3.99. The number of anilines is 1. The number of benzene rings is 2. The van der Waals surface area contributed by atoms with Crippen molar-refractivity contribution in [3.63, 3.8) is 0 Å². The van der Waals surface area contributed by atoms with Crippen molar-refractivity contribution in [1.82, 2.24) is 0 Å². The number of halogens is 1. The zero-order valence-electron chi connectivity index (χ0n) is 16.2. The van der Waals surface area contributed by atoms with E-state index in [2.05, 4.69) is 24.4 Å². The van der Waals surface area contributed by atoms with Gasteiger partial charge in [-0.05, 0) is 67.3 Å². The predicted molar refractivity (Wildman–Crippen MR) is 117 cm³/mol. The van der Waals surface area contributed by atoms with E-state index < -0.39 is 0 Å². The Hall–Kier alpha value is -2.78. The van der Waals surface area contributed by atoms with E-state index in [9.17, 15) is 4.79 Å². The van der Waals surface area contributed by atoms with E-state index in [1.54, 1.807) is 6.08 Å². The van der Waals surface area contributed by atoms with E-state index in [0.717, 1.165) is 23.2 Å². The largest absolute Gasteiger partial charge is 0.457 e. The van der Waals surface area contributed by atoms with Crippen molar-refractivity contribution in [3.8, 4) is 11.3 Å². The average molecular weight is 394 g/mol. The van der Waals surface area contributed by atoms with Gasteiger partial charge in [-0.1, -0.05) is 49.2 Å².